The lowest BCUT2D eigenvalue weighted by Gasteiger charge is -2.34. The standard InChI is InChI=1S/C42H30/c1-29-15-17-31(18-16-29)32-21-24-37(25-22-32)42(36-11-3-2-4-12-36)40-14-8-7-13-38(40)39-26-23-35(28-41(39)42)34-20-19-30-9-5-6-10-33(30)27-34/h2-28H,1H3. The number of fused-ring (bicyclic) bond motifs is 4. The minimum Gasteiger partial charge on any atom is -0.0622 e. The Balaban J connectivity index is 1.38. The smallest absolute Gasteiger partial charge is 0.0622 e. The molecule has 0 radical (unpaired) electrons. The van der Waals surface area contributed by atoms with Crippen LogP contribution >= 0.6 is 0 Å². The van der Waals surface area contributed by atoms with Gasteiger partial charge in [-0.2, -0.15) is 0 Å². The molecule has 0 fully saturated rings. The number of aryl methyl sites for hydroxylation is 1. The van der Waals surface area contributed by atoms with Crippen molar-refractivity contribution in [2.45, 2.75) is 12.3 Å². The molecule has 0 heterocycles. The Labute approximate surface area is 247 Å². The van der Waals surface area contributed by atoms with Crippen molar-refractivity contribution in [1.29, 1.82) is 0 Å². The van der Waals surface area contributed by atoms with Crippen molar-refractivity contribution in [1.82, 2.24) is 0 Å². The van der Waals surface area contributed by atoms with Crippen LogP contribution in [0.15, 0.2) is 164 Å². The van der Waals surface area contributed by atoms with Gasteiger partial charge in [-0.1, -0.05) is 157 Å². The van der Waals surface area contributed by atoms with Crippen LogP contribution < -0.4 is 0 Å². The average Bonchev–Trinajstić information content (AvgIpc) is 3.36. The van der Waals surface area contributed by atoms with E-state index in [0.717, 1.165) is 0 Å². The first-order valence-corrected chi connectivity index (χ1v) is 14.7. The van der Waals surface area contributed by atoms with Gasteiger partial charge in [-0.25, -0.2) is 0 Å². The van der Waals surface area contributed by atoms with Crippen molar-refractivity contribution in [3.8, 4) is 33.4 Å². The quantitative estimate of drug-likeness (QED) is 0.211. The highest BCUT2D eigenvalue weighted by Crippen LogP contribution is 2.56. The van der Waals surface area contributed by atoms with Gasteiger partial charge in [0, 0.05) is 0 Å². The van der Waals surface area contributed by atoms with Crippen molar-refractivity contribution >= 4 is 10.8 Å². The van der Waals surface area contributed by atoms with Crippen molar-refractivity contribution in [2.75, 3.05) is 0 Å². The summed E-state index contributed by atoms with van der Waals surface area (Å²) in [5, 5.41) is 2.53. The van der Waals surface area contributed by atoms with Gasteiger partial charge in [0.2, 0.25) is 0 Å². The molecule has 0 N–H and O–H groups in total. The van der Waals surface area contributed by atoms with E-state index in [9.17, 15) is 0 Å². The molecule has 0 amide bonds. The van der Waals surface area contributed by atoms with Gasteiger partial charge in [0.25, 0.3) is 0 Å². The molecule has 0 saturated carbocycles. The molecule has 1 aliphatic carbocycles. The first kappa shape index (κ1) is 24.6. The second-order valence-electron chi connectivity index (χ2n) is 11.4. The Kier molecular flexibility index (Phi) is 5.69. The maximum atomic E-state index is 2.44. The highest BCUT2D eigenvalue weighted by atomic mass is 14.5. The summed E-state index contributed by atoms with van der Waals surface area (Å²) >= 11 is 0. The van der Waals surface area contributed by atoms with Crippen LogP contribution in [0, 0.1) is 6.92 Å². The van der Waals surface area contributed by atoms with Crippen LogP contribution in [-0.4, -0.2) is 0 Å². The van der Waals surface area contributed by atoms with E-state index >= 15 is 0 Å². The molecule has 0 heteroatoms. The third kappa shape index (κ3) is 3.76. The maximum absolute atomic E-state index is 2.44. The molecule has 8 rings (SSSR count). The zero-order valence-electron chi connectivity index (χ0n) is 23.6. The van der Waals surface area contributed by atoms with E-state index in [0.29, 0.717) is 0 Å². The Morgan fingerprint density at radius 3 is 1.69 bits per heavy atom. The van der Waals surface area contributed by atoms with Crippen LogP contribution in [0.2, 0.25) is 0 Å². The van der Waals surface area contributed by atoms with Crippen molar-refractivity contribution in [2.24, 2.45) is 0 Å². The second kappa shape index (κ2) is 9.72. The van der Waals surface area contributed by atoms with Gasteiger partial charge < -0.3 is 0 Å². The molecular weight excluding hydrogens is 504 g/mol. The third-order valence-corrected chi connectivity index (χ3v) is 9.04. The summed E-state index contributed by atoms with van der Waals surface area (Å²) in [5.41, 5.74) is 13.7. The summed E-state index contributed by atoms with van der Waals surface area (Å²) in [6.07, 6.45) is 0. The van der Waals surface area contributed by atoms with Crippen LogP contribution in [0.1, 0.15) is 27.8 Å². The van der Waals surface area contributed by atoms with Crippen LogP contribution in [0.4, 0.5) is 0 Å². The highest BCUT2D eigenvalue weighted by molar-refractivity contribution is 5.91. The van der Waals surface area contributed by atoms with Crippen LogP contribution in [0.3, 0.4) is 0 Å². The fourth-order valence-electron chi connectivity index (χ4n) is 6.96. The maximum Gasteiger partial charge on any atom is 0.0713 e. The molecule has 0 aromatic heterocycles. The summed E-state index contributed by atoms with van der Waals surface area (Å²) < 4.78 is 0. The lowest BCUT2D eigenvalue weighted by molar-refractivity contribution is 0.769. The van der Waals surface area contributed by atoms with Gasteiger partial charge in [0.15, 0.2) is 0 Å². The van der Waals surface area contributed by atoms with Crippen LogP contribution in [0.25, 0.3) is 44.2 Å². The summed E-state index contributed by atoms with van der Waals surface area (Å²) in [6.45, 7) is 2.14. The first-order valence-electron chi connectivity index (χ1n) is 14.7. The summed E-state index contributed by atoms with van der Waals surface area (Å²) in [4.78, 5) is 0. The Bertz CT molecular complexity index is 2070. The van der Waals surface area contributed by atoms with Crippen molar-refractivity contribution in [3.05, 3.63) is 192 Å². The molecule has 0 bridgehead atoms. The summed E-state index contributed by atoms with van der Waals surface area (Å²) in [6, 6.07) is 60.6. The van der Waals surface area contributed by atoms with Crippen molar-refractivity contribution < 1.29 is 0 Å². The highest BCUT2D eigenvalue weighted by Gasteiger charge is 2.46. The Morgan fingerprint density at radius 2 is 0.905 bits per heavy atom. The molecule has 7 aromatic rings. The van der Waals surface area contributed by atoms with Crippen LogP contribution in [0.5, 0.6) is 0 Å². The lowest BCUT2D eigenvalue weighted by atomic mass is 9.67. The van der Waals surface area contributed by atoms with Crippen molar-refractivity contribution in [3.63, 3.8) is 0 Å². The lowest BCUT2D eigenvalue weighted by Crippen LogP contribution is -2.28. The molecule has 7 aromatic carbocycles. The molecule has 1 aliphatic rings. The SMILES string of the molecule is Cc1ccc(-c2ccc(C3(c4ccccc4)c4ccccc4-c4ccc(-c5ccc6ccccc6c5)cc43)cc2)cc1. The number of hydrogen-bond donors (Lipinski definition) is 0. The molecule has 0 saturated heterocycles. The molecule has 198 valence electrons. The first-order chi connectivity index (χ1) is 20.7. The number of hydrogen-bond acceptors (Lipinski definition) is 0. The minimum absolute atomic E-state index is 0.425. The van der Waals surface area contributed by atoms with E-state index < -0.39 is 5.41 Å². The molecular formula is C42H30. The van der Waals surface area contributed by atoms with Gasteiger partial charge in [0.1, 0.15) is 0 Å². The summed E-state index contributed by atoms with van der Waals surface area (Å²) in [7, 11) is 0. The molecule has 42 heavy (non-hydrogen) atoms. The predicted molar refractivity (Wildman–Crippen MR) is 177 cm³/mol. The minimum atomic E-state index is -0.425. The van der Waals surface area contributed by atoms with Crippen LogP contribution in [-0.2, 0) is 5.41 Å². The van der Waals surface area contributed by atoms with E-state index in [1.165, 1.54) is 72.0 Å². The molecule has 0 aliphatic heterocycles. The van der Waals surface area contributed by atoms with Gasteiger partial charge in [0.05, 0.1) is 5.41 Å². The van der Waals surface area contributed by atoms with E-state index in [2.05, 4.69) is 171 Å². The number of rotatable bonds is 4. The fourth-order valence-corrected chi connectivity index (χ4v) is 6.96. The molecule has 0 nitrogen and oxygen atoms in total. The van der Waals surface area contributed by atoms with Gasteiger partial charge in [-0.3, -0.25) is 0 Å². The largest absolute Gasteiger partial charge is 0.0713 e. The van der Waals surface area contributed by atoms with Gasteiger partial charge in [-0.05, 0) is 85.5 Å². The van der Waals surface area contributed by atoms with E-state index in [-0.39, 0.29) is 0 Å². The fraction of sp³-hybridized carbons (Fsp3) is 0.0476. The monoisotopic (exact) mass is 534 g/mol. The van der Waals surface area contributed by atoms with E-state index in [1.54, 1.807) is 0 Å². The zero-order valence-corrected chi connectivity index (χ0v) is 23.6. The number of benzene rings is 7. The van der Waals surface area contributed by atoms with Gasteiger partial charge >= 0.3 is 0 Å². The topological polar surface area (TPSA) is 0 Å². The van der Waals surface area contributed by atoms with E-state index in [1.807, 2.05) is 0 Å². The predicted octanol–water partition coefficient (Wildman–Crippen LogP) is 10.8. The van der Waals surface area contributed by atoms with E-state index in [4.69, 9.17) is 0 Å². The zero-order chi connectivity index (χ0) is 28.1. The molecule has 1 atom stereocenters. The van der Waals surface area contributed by atoms with Gasteiger partial charge in [-0.15, -0.1) is 0 Å². The second-order valence-corrected chi connectivity index (χ2v) is 11.4. The Morgan fingerprint density at radius 1 is 0.357 bits per heavy atom. The third-order valence-electron chi connectivity index (χ3n) is 9.04. The summed E-state index contributed by atoms with van der Waals surface area (Å²) in [5.74, 6) is 0. The normalized spacial score (nSPS) is 15.4. The Hall–Kier alpha value is -5.20. The molecule has 0 spiro atoms. The molecule has 1 unspecified atom stereocenters. The average molecular weight is 535 g/mol.